The molecule has 3 N–H and O–H groups in total. The summed E-state index contributed by atoms with van der Waals surface area (Å²) in [5.41, 5.74) is 1.31. The van der Waals surface area contributed by atoms with E-state index in [1.54, 1.807) is 6.92 Å². The number of rotatable bonds is 3. The maximum atomic E-state index is 11.4. The number of carboxylic acids is 1. The first-order valence-corrected chi connectivity index (χ1v) is 5.01. The number of carbonyl (C=O) groups excluding carboxylic acids is 1. The SMILES string of the molecule is CC1(O)CCN(C(=O)NOCC(=O)O)CC1. The van der Waals surface area contributed by atoms with E-state index >= 15 is 0 Å². The van der Waals surface area contributed by atoms with Crippen molar-refractivity contribution in [1.82, 2.24) is 10.4 Å². The second kappa shape index (κ2) is 5.13. The molecule has 0 bridgehead atoms. The monoisotopic (exact) mass is 232 g/mol. The molecule has 0 aromatic rings. The second-order valence-electron chi connectivity index (χ2n) is 4.07. The van der Waals surface area contributed by atoms with Crippen LogP contribution in [0.2, 0.25) is 0 Å². The molecule has 0 aromatic carbocycles. The molecule has 0 saturated carbocycles. The molecule has 1 aliphatic rings. The molecular formula is C9H16N2O5. The van der Waals surface area contributed by atoms with Gasteiger partial charge in [-0.3, -0.25) is 4.84 Å². The van der Waals surface area contributed by atoms with Gasteiger partial charge in [0, 0.05) is 13.1 Å². The summed E-state index contributed by atoms with van der Waals surface area (Å²) >= 11 is 0. The van der Waals surface area contributed by atoms with Gasteiger partial charge in [0.2, 0.25) is 0 Å². The molecule has 7 heteroatoms. The molecule has 1 aliphatic heterocycles. The Morgan fingerprint density at radius 2 is 2.00 bits per heavy atom. The Kier molecular flexibility index (Phi) is 4.08. The standard InChI is InChI=1S/C9H16N2O5/c1-9(15)2-4-11(5-3-9)8(14)10-16-6-7(12)13/h15H,2-6H2,1H3,(H,10,14)(H,12,13). The van der Waals surface area contributed by atoms with Crippen LogP contribution >= 0.6 is 0 Å². The summed E-state index contributed by atoms with van der Waals surface area (Å²) < 4.78 is 0. The van der Waals surface area contributed by atoms with Crippen LogP contribution in [0.5, 0.6) is 0 Å². The number of hydroxylamine groups is 1. The first-order valence-electron chi connectivity index (χ1n) is 5.01. The summed E-state index contributed by atoms with van der Waals surface area (Å²) in [5.74, 6) is -1.15. The highest BCUT2D eigenvalue weighted by atomic mass is 16.7. The fourth-order valence-corrected chi connectivity index (χ4v) is 1.42. The van der Waals surface area contributed by atoms with Gasteiger partial charge in [0.15, 0.2) is 6.61 Å². The van der Waals surface area contributed by atoms with Crippen LogP contribution in [0.1, 0.15) is 19.8 Å². The molecule has 1 fully saturated rings. The van der Waals surface area contributed by atoms with Crippen molar-refractivity contribution < 1.29 is 24.6 Å². The molecule has 7 nitrogen and oxygen atoms in total. The van der Waals surface area contributed by atoms with Crippen molar-refractivity contribution in [1.29, 1.82) is 0 Å². The van der Waals surface area contributed by atoms with Crippen LogP contribution in [0.25, 0.3) is 0 Å². The third-order valence-corrected chi connectivity index (χ3v) is 2.48. The molecule has 0 radical (unpaired) electrons. The number of hydrogen-bond donors (Lipinski definition) is 3. The van der Waals surface area contributed by atoms with Gasteiger partial charge in [-0.15, -0.1) is 0 Å². The largest absolute Gasteiger partial charge is 0.479 e. The van der Waals surface area contributed by atoms with Crippen LogP contribution in [0.3, 0.4) is 0 Å². The summed E-state index contributed by atoms with van der Waals surface area (Å²) in [5, 5.41) is 17.9. The van der Waals surface area contributed by atoms with Crippen molar-refractivity contribution in [3.63, 3.8) is 0 Å². The van der Waals surface area contributed by atoms with Gasteiger partial charge in [-0.05, 0) is 19.8 Å². The lowest BCUT2D eigenvalue weighted by atomic mass is 9.94. The van der Waals surface area contributed by atoms with E-state index in [0.29, 0.717) is 25.9 Å². The number of carboxylic acid groups (broad SMARTS) is 1. The smallest absolute Gasteiger partial charge is 0.341 e. The van der Waals surface area contributed by atoms with Gasteiger partial charge in [0.1, 0.15) is 0 Å². The predicted octanol–water partition coefficient (Wildman–Crippen LogP) is -0.441. The highest BCUT2D eigenvalue weighted by Crippen LogP contribution is 2.20. The number of amides is 2. The van der Waals surface area contributed by atoms with E-state index in [1.165, 1.54) is 4.90 Å². The van der Waals surface area contributed by atoms with Gasteiger partial charge >= 0.3 is 12.0 Å². The molecule has 0 atom stereocenters. The van der Waals surface area contributed by atoms with Crippen molar-refractivity contribution in [3.8, 4) is 0 Å². The number of likely N-dealkylation sites (tertiary alicyclic amines) is 1. The van der Waals surface area contributed by atoms with Gasteiger partial charge in [-0.25, -0.2) is 15.1 Å². The molecule has 1 rings (SSSR count). The Hall–Kier alpha value is -1.34. The van der Waals surface area contributed by atoms with Gasteiger partial charge < -0.3 is 15.1 Å². The third-order valence-electron chi connectivity index (χ3n) is 2.48. The molecule has 16 heavy (non-hydrogen) atoms. The average Bonchev–Trinajstić information content (AvgIpc) is 2.16. The number of nitrogens with one attached hydrogen (secondary N) is 1. The Morgan fingerprint density at radius 1 is 1.44 bits per heavy atom. The lowest BCUT2D eigenvalue weighted by Gasteiger charge is -2.35. The lowest BCUT2D eigenvalue weighted by molar-refractivity contribution is -0.144. The van der Waals surface area contributed by atoms with Crippen molar-refractivity contribution in [2.75, 3.05) is 19.7 Å². The molecule has 1 saturated heterocycles. The Bertz CT molecular complexity index is 269. The quantitative estimate of drug-likeness (QED) is 0.573. The van der Waals surface area contributed by atoms with Crippen LogP contribution < -0.4 is 5.48 Å². The minimum atomic E-state index is -1.15. The summed E-state index contributed by atoms with van der Waals surface area (Å²) in [6, 6.07) is -0.475. The number of urea groups is 1. The molecule has 0 unspecified atom stereocenters. The molecule has 1 heterocycles. The summed E-state index contributed by atoms with van der Waals surface area (Å²) in [7, 11) is 0. The molecule has 0 aliphatic carbocycles. The van der Waals surface area contributed by atoms with Crippen molar-refractivity contribution in [3.05, 3.63) is 0 Å². The number of piperidine rings is 1. The number of hydrogen-bond acceptors (Lipinski definition) is 4. The van der Waals surface area contributed by atoms with Crippen molar-refractivity contribution >= 4 is 12.0 Å². The number of carbonyl (C=O) groups is 2. The number of aliphatic carboxylic acids is 1. The van der Waals surface area contributed by atoms with Gasteiger partial charge in [0.25, 0.3) is 0 Å². The van der Waals surface area contributed by atoms with Crippen LogP contribution in [0, 0.1) is 0 Å². The van der Waals surface area contributed by atoms with Gasteiger partial charge in [-0.1, -0.05) is 0 Å². The maximum Gasteiger partial charge on any atom is 0.341 e. The van der Waals surface area contributed by atoms with E-state index in [4.69, 9.17) is 5.11 Å². The summed E-state index contributed by atoms with van der Waals surface area (Å²) in [6.45, 7) is 2.00. The highest BCUT2D eigenvalue weighted by Gasteiger charge is 2.29. The van der Waals surface area contributed by atoms with Crippen LogP contribution in [0.4, 0.5) is 4.79 Å². The van der Waals surface area contributed by atoms with E-state index in [-0.39, 0.29) is 0 Å². The van der Waals surface area contributed by atoms with Gasteiger partial charge in [-0.2, -0.15) is 0 Å². The van der Waals surface area contributed by atoms with Crippen LogP contribution in [-0.4, -0.2) is 52.4 Å². The topological polar surface area (TPSA) is 99.1 Å². The summed E-state index contributed by atoms with van der Waals surface area (Å²) in [6.07, 6.45) is 0.999. The minimum Gasteiger partial charge on any atom is -0.479 e. The lowest BCUT2D eigenvalue weighted by Crippen LogP contribution is -2.49. The predicted molar refractivity (Wildman–Crippen MR) is 53.6 cm³/mol. The van der Waals surface area contributed by atoms with Crippen LogP contribution in [-0.2, 0) is 9.63 Å². The normalized spacial score (nSPS) is 19.2. The summed E-state index contributed by atoms with van der Waals surface area (Å²) in [4.78, 5) is 27.5. The fraction of sp³-hybridized carbons (Fsp3) is 0.778. The van der Waals surface area contributed by atoms with Crippen molar-refractivity contribution in [2.45, 2.75) is 25.4 Å². The molecule has 0 aromatic heterocycles. The van der Waals surface area contributed by atoms with E-state index in [2.05, 4.69) is 4.84 Å². The van der Waals surface area contributed by atoms with Crippen molar-refractivity contribution in [2.24, 2.45) is 0 Å². The number of aliphatic hydroxyl groups is 1. The van der Waals surface area contributed by atoms with E-state index in [0.717, 1.165) is 0 Å². The first-order chi connectivity index (χ1) is 7.41. The third kappa shape index (κ3) is 4.03. The van der Waals surface area contributed by atoms with E-state index < -0.39 is 24.2 Å². The van der Waals surface area contributed by atoms with E-state index in [9.17, 15) is 14.7 Å². The zero-order valence-electron chi connectivity index (χ0n) is 9.10. The maximum absolute atomic E-state index is 11.4. The molecular weight excluding hydrogens is 216 g/mol. The minimum absolute atomic E-state index is 0.426. The van der Waals surface area contributed by atoms with Gasteiger partial charge in [0.05, 0.1) is 5.60 Å². The molecule has 0 spiro atoms. The Labute approximate surface area is 92.9 Å². The first kappa shape index (κ1) is 12.7. The Morgan fingerprint density at radius 3 is 2.50 bits per heavy atom. The van der Waals surface area contributed by atoms with Crippen LogP contribution in [0.15, 0.2) is 0 Å². The zero-order chi connectivity index (χ0) is 12.2. The molecule has 2 amide bonds. The average molecular weight is 232 g/mol. The second-order valence-corrected chi connectivity index (χ2v) is 4.07. The number of nitrogens with zero attached hydrogens (tertiary/aromatic N) is 1. The zero-order valence-corrected chi connectivity index (χ0v) is 9.10. The fourth-order valence-electron chi connectivity index (χ4n) is 1.42. The Balaban J connectivity index is 2.25. The van der Waals surface area contributed by atoms with E-state index in [1.807, 2.05) is 5.48 Å². The highest BCUT2D eigenvalue weighted by molar-refractivity contribution is 5.73. The molecule has 92 valence electrons.